The molecule has 0 aliphatic heterocycles. The molecule has 1 aliphatic rings. The standard InChI is InChI=1S/C17H26ClFN2/c1-20-16(12-13-7-8-14(18)15(19)11-13)17(21(2)3)9-5-4-6-10-17/h7-8,11,16,20H,4-6,9-10,12H2,1-3H3. The Morgan fingerprint density at radius 2 is 1.95 bits per heavy atom. The Hall–Kier alpha value is -0.640. The van der Waals surface area contributed by atoms with Crippen molar-refractivity contribution in [3.63, 3.8) is 0 Å². The molecule has 2 rings (SSSR count). The number of rotatable bonds is 5. The molecule has 0 spiro atoms. The van der Waals surface area contributed by atoms with Gasteiger partial charge in [0.15, 0.2) is 0 Å². The van der Waals surface area contributed by atoms with Gasteiger partial charge in [0.25, 0.3) is 0 Å². The Morgan fingerprint density at radius 1 is 1.29 bits per heavy atom. The second kappa shape index (κ2) is 7.08. The quantitative estimate of drug-likeness (QED) is 0.888. The van der Waals surface area contributed by atoms with Crippen molar-refractivity contribution in [2.75, 3.05) is 21.1 Å². The van der Waals surface area contributed by atoms with Crippen molar-refractivity contribution in [1.82, 2.24) is 10.2 Å². The third kappa shape index (κ3) is 3.58. The fraction of sp³-hybridized carbons (Fsp3) is 0.647. The Morgan fingerprint density at radius 3 is 2.48 bits per heavy atom. The van der Waals surface area contributed by atoms with Gasteiger partial charge in [-0.15, -0.1) is 0 Å². The average molecular weight is 313 g/mol. The van der Waals surface area contributed by atoms with Crippen molar-refractivity contribution in [2.45, 2.75) is 50.1 Å². The molecule has 1 aliphatic carbocycles. The van der Waals surface area contributed by atoms with E-state index in [1.165, 1.54) is 32.1 Å². The summed E-state index contributed by atoms with van der Waals surface area (Å²) in [7, 11) is 6.34. The highest BCUT2D eigenvalue weighted by atomic mass is 35.5. The molecule has 2 nitrogen and oxygen atoms in total. The van der Waals surface area contributed by atoms with Gasteiger partial charge in [0, 0.05) is 11.6 Å². The summed E-state index contributed by atoms with van der Waals surface area (Å²) >= 11 is 5.78. The lowest BCUT2D eigenvalue weighted by Gasteiger charge is -2.48. The van der Waals surface area contributed by atoms with Crippen molar-refractivity contribution < 1.29 is 4.39 Å². The zero-order valence-electron chi connectivity index (χ0n) is 13.3. The number of hydrogen-bond donors (Lipinski definition) is 1. The van der Waals surface area contributed by atoms with Crippen LogP contribution in [0.25, 0.3) is 0 Å². The van der Waals surface area contributed by atoms with Gasteiger partial charge in [-0.1, -0.05) is 36.9 Å². The topological polar surface area (TPSA) is 15.3 Å². The monoisotopic (exact) mass is 312 g/mol. The van der Waals surface area contributed by atoms with E-state index in [1.54, 1.807) is 12.1 Å². The lowest BCUT2D eigenvalue weighted by Crippen LogP contribution is -2.60. The maximum atomic E-state index is 13.7. The second-order valence-electron chi connectivity index (χ2n) is 6.35. The molecule has 0 radical (unpaired) electrons. The van der Waals surface area contributed by atoms with Gasteiger partial charge in [0.05, 0.1) is 5.02 Å². The zero-order valence-corrected chi connectivity index (χ0v) is 14.0. The predicted octanol–water partition coefficient (Wildman–Crippen LogP) is 3.87. The molecule has 1 N–H and O–H groups in total. The molecular formula is C17H26ClFN2. The molecular weight excluding hydrogens is 287 g/mol. The minimum Gasteiger partial charge on any atom is -0.315 e. The summed E-state index contributed by atoms with van der Waals surface area (Å²) in [4.78, 5) is 2.36. The third-order valence-corrected chi connectivity index (χ3v) is 5.34. The number of halogens is 2. The molecule has 0 bridgehead atoms. The largest absolute Gasteiger partial charge is 0.315 e. The van der Waals surface area contributed by atoms with Crippen LogP contribution in [0, 0.1) is 5.82 Å². The molecule has 118 valence electrons. The van der Waals surface area contributed by atoms with Gasteiger partial charge in [-0.05, 0) is 58.1 Å². The first-order chi connectivity index (χ1) is 9.99. The molecule has 1 unspecified atom stereocenters. The van der Waals surface area contributed by atoms with E-state index in [-0.39, 0.29) is 16.4 Å². The van der Waals surface area contributed by atoms with Crippen LogP contribution in [0.4, 0.5) is 4.39 Å². The predicted molar refractivity (Wildman–Crippen MR) is 87.5 cm³/mol. The summed E-state index contributed by atoms with van der Waals surface area (Å²) in [5.41, 5.74) is 1.16. The molecule has 1 fully saturated rings. The highest BCUT2D eigenvalue weighted by Gasteiger charge is 2.40. The summed E-state index contributed by atoms with van der Waals surface area (Å²) in [6.45, 7) is 0. The van der Waals surface area contributed by atoms with Crippen molar-refractivity contribution in [1.29, 1.82) is 0 Å². The number of benzene rings is 1. The Labute approximate surface area is 132 Å². The van der Waals surface area contributed by atoms with Crippen molar-refractivity contribution in [3.05, 3.63) is 34.6 Å². The van der Waals surface area contributed by atoms with Crippen LogP contribution < -0.4 is 5.32 Å². The smallest absolute Gasteiger partial charge is 0.142 e. The van der Waals surface area contributed by atoms with E-state index in [0.717, 1.165) is 12.0 Å². The molecule has 1 atom stereocenters. The minimum absolute atomic E-state index is 0.156. The Kier molecular flexibility index (Phi) is 5.64. The third-order valence-electron chi connectivity index (χ3n) is 5.03. The zero-order chi connectivity index (χ0) is 15.5. The number of likely N-dealkylation sites (N-methyl/N-ethyl adjacent to an activating group) is 2. The van der Waals surface area contributed by atoms with Gasteiger partial charge >= 0.3 is 0 Å². The van der Waals surface area contributed by atoms with Crippen molar-refractivity contribution in [3.8, 4) is 0 Å². The average Bonchev–Trinajstić information content (AvgIpc) is 2.49. The fourth-order valence-electron chi connectivity index (χ4n) is 3.73. The van der Waals surface area contributed by atoms with Gasteiger partial charge in [-0.2, -0.15) is 0 Å². The van der Waals surface area contributed by atoms with E-state index < -0.39 is 0 Å². The Balaban J connectivity index is 2.22. The summed E-state index contributed by atoms with van der Waals surface area (Å²) in [6, 6.07) is 5.47. The van der Waals surface area contributed by atoms with E-state index in [0.29, 0.717) is 6.04 Å². The highest BCUT2D eigenvalue weighted by Crippen LogP contribution is 2.36. The first-order valence-corrected chi connectivity index (χ1v) is 8.16. The van der Waals surface area contributed by atoms with E-state index in [2.05, 4.69) is 24.3 Å². The van der Waals surface area contributed by atoms with Crippen LogP contribution in [0.15, 0.2) is 18.2 Å². The van der Waals surface area contributed by atoms with Gasteiger partial charge in [0.1, 0.15) is 5.82 Å². The van der Waals surface area contributed by atoms with E-state index in [1.807, 2.05) is 13.1 Å². The van der Waals surface area contributed by atoms with Gasteiger partial charge in [-0.25, -0.2) is 4.39 Å². The fourth-order valence-corrected chi connectivity index (χ4v) is 3.85. The molecule has 0 saturated heterocycles. The van der Waals surface area contributed by atoms with Crippen LogP contribution in [0.1, 0.15) is 37.7 Å². The molecule has 1 aromatic carbocycles. The molecule has 1 aromatic rings. The van der Waals surface area contributed by atoms with Crippen LogP contribution >= 0.6 is 11.6 Å². The maximum Gasteiger partial charge on any atom is 0.142 e. The van der Waals surface area contributed by atoms with Crippen LogP contribution in [-0.2, 0) is 6.42 Å². The van der Waals surface area contributed by atoms with Crippen LogP contribution in [0.5, 0.6) is 0 Å². The number of nitrogens with zero attached hydrogens (tertiary/aromatic N) is 1. The summed E-state index contributed by atoms with van der Waals surface area (Å²) in [6.07, 6.45) is 7.07. The lowest BCUT2D eigenvalue weighted by molar-refractivity contribution is 0.0598. The first-order valence-electron chi connectivity index (χ1n) is 7.78. The van der Waals surface area contributed by atoms with Crippen molar-refractivity contribution >= 4 is 11.6 Å². The first kappa shape index (κ1) is 16.7. The number of hydrogen-bond acceptors (Lipinski definition) is 2. The van der Waals surface area contributed by atoms with Crippen LogP contribution in [-0.4, -0.2) is 37.6 Å². The van der Waals surface area contributed by atoms with Gasteiger partial charge in [0.2, 0.25) is 0 Å². The molecule has 0 heterocycles. The van der Waals surface area contributed by atoms with E-state index >= 15 is 0 Å². The van der Waals surface area contributed by atoms with Crippen LogP contribution in [0.3, 0.4) is 0 Å². The molecule has 4 heteroatoms. The van der Waals surface area contributed by atoms with E-state index in [9.17, 15) is 4.39 Å². The van der Waals surface area contributed by atoms with E-state index in [4.69, 9.17) is 11.6 Å². The lowest BCUT2D eigenvalue weighted by atomic mass is 9.73. The summed E-state index contributed by atoms with van der Waals surface area (Å²) < 4.78 is 13.7. The van der Waals surface area contributed by atoms with Gasteiger partial charge in [-0.3, -0.25) is 0 Å². The molecule has 0 amide bonds. The maximum absolute atomic E-state index is 13.7. The van der Waals surface area contributed by atoms with Crippen LogP contribution in [0.2, 0.25) is 5.02 Å². The second-order valence-corrected chi connectivity index (χ2v) is 6.76. The summed E-state index contributed by atoms with van der Waals surface area (Å²) in [5.74, 6) is -0.327. The number of nitrogens with one attached hydrogen (secondary N) is 1. The molecule has 1 saturated carbocycles. The molecule has 21 heavy (non-hydrogen) atoms. The minimum atomic E-state index is -0.327. The van der Waals surface area contributed by atoms with Gasteiger partial charge < -0.3 is 10.2 Å². The summed E-state index contributed by atoms with van der Waals surface area (Å²) in [5, 5.41) is 3.67. The molecule has 0 aromatic heterocycles. The highest BCUT2D eigenvalue weighted by molar-refractivity contribution is 6.30. The van der Waals surface area contributed by atoms with Crippen molar-refractivity contribution in [2.24, 2.45) is 0 Å². The normalized spacial score (nSPS) is 19.7. The SMILES string of the molecule is CNC(Cc1ccc(Cl)c(F)c1)C1(N(C)C)CCCCC1. The Bertz CT molecular complexity index is 470.